The van der Waals surface area contributed by atoms with E-state index in [-0.39, 0.29) is 5.88 Å². The first-order valence-corrected chi connectivity index (χ1v) is 6.09. The topological polar surface area (TPSA) is 46.8 Å². The van der Waals surface area contributed by atoms with Gasteiger partial charge in [0.05, 0.1) is 0 Å². The van der Waals surface area contributed by atoms with Crippen molar-refractivity contribution in [2.45, 2.75) is 13.5 Å². The second-order valence-corrected chi connectivity index (χ2v) is 4.36. The average molecular weight is 254 g/mol. The smallest absolute Gasteiger partial charge is 0.219 e. The van der Waals surface area contributed by atoms with Gasteiger partial charge in [-0.1, -0.05) is 30.3 Å². The Morgan fingerprint density at radius 2 is 1.95 bits per heavy atom. The molecule has 0 amide bonds. The molecule has 4 nitrogen and oxygen atoms in total. The van der Waals surface area contributed by atoms with Crippen LogP contribution in [0.2, 0.25) is 0 Å². The molecule has 0 radical (unpaired) electrons. The molecule has 0 unspecified atom stereocenters. The summed E-state index contributed by atoms with van der Waals surface area (Å²) in [6.45, 7) is 2.25. The molecular formula is C15H14N2O2. The maximum atomic E-state index is 9.85. The number of ether oxygens (including phenoxy) is 1. The lowest BCUT2D eigenvalue weighted by molar-refractivity contribution is 0.308. The molecule has 4 heteroatoms. The molecule has 0 fully saturated rings. The van der Waals surface area contributed by atoms with E-state index in [0.717, 1.165) is 5.56 Å². The molecule has 0 atom stereocenters. The quantitative estimate of drug-likeness (QED) is 0.781. The summed E-state index contributed by atoms with van der Waals surface area (Å²) in [6.07, 6.45) is 1.76. The number of nitrogens with zero attached hydrogens (tertiary/aromatic N) is 2. The highest BCUT2D eigenvalue weighted by Gasteiger charge is 2.11. The SMILES string of the molecule is Cc1nc2c(OCc3ccccc3)cccn2c1O. The molecule has 0 aliphatic heterocycles. The lowest BCUT2D eigenvalue weighted by atomic mass is 10.2. The van der Waals surface area contributed by atoms with E-state index >= 15 is 0 Å². The highest BCUT2D eigenvalue weighted by molar-refractivity contribution is 5.57. The fourth-order valence-corrected chi connectivity index (χ4v) is 1.99. The van der Waals surface area contributed by atoms with E-state index in [1.807, 2.05) is 42.5 Å². The Balaban J connectivity index is 1.91. The van der Waals surface area contributed by atoms with Crippen LogP contribution < -0.4 is 4.74 Å². The van der Waals surface area contributed by atoms with Crippen LogP contribution in [0, 0.1) is 6.92 Å². The molecule has 3 aromatic rings. The van der Waals surface area contributed by atoms with Gasteiger partial charge in [-0.05, 0) is 24.6 Å². The molecule has 0 aliphatic carbocycles. The number of pyridine rings is 1. The fourth-order valence-electron chi connectivity index (χ4n) is 1.99. The number of benzene rings is 1. The zero-order valence-electron chi connectivity index (χ0n) is 10.6. The summed E-state index contributed by atoms with van der Waals surface area (Å²) < 4.78 is 7.40. The second-order valence-electron chi connectivity index (χ2n) is 4.36. The van der Waals surface area contributed by atoms with Crippen LogP contribution in [0.3, 0.4) is 0 Å². The molecule has 3 rings (SSSR count). The molecule has 2 aromatic heterocycles. The van der Waals surface area contributed by atoms with E-state index < -0.39 is 0 Å². The van der Waals surface area contributed by atoms with Gasteiger partial charge in [0.1, 0.15) is 12.3 Å². The molecule has 2 heterocycles. The van der Waals surface area contributed by atoms with Crippen LogP contribution in [-0.2, 0) is 6.61 Å². The van der Waals surface area contributed by atoms with Crippen LogP contribution in [0.15, 0.2) is 48.7 Å². The minimum absolute atomic E-state index is 0.153. The molecule has 1 aromatic carbocycles. The van der Waals surface area contributed by atoms with E-state index in [1.54, 1.807) is 17.5 Å². The Bertz CT molecular complexity index is 705. The number of rotatable bonds is 3. The largest absolute Gasteiger partial charge is 0.493 e. The van der Waals surface area contributed by atoms with Crippen LogP contribution in [0.4, 0.5) is 0 Å². The van der Waals surface area contributed by atoms with Crippen molar-refractivity contribution in [1.82, 2.24) is 9.38 Å². The fraction of sp³-hybridized carbons (Fsp3) is 0.133. The predicted molar refractivity (Wildman–Crippen MR) is 72.4 cm³/mol. The summed E-state index contributed by atoms with van der Waals surface area (Å²) in [5, 5.41) is 9.85. The van der Waals surface area contributed by atoms with Gasteiger partial charge in [0.25, 0.3) is 0 Å². The van der Waals surface area contributed by atoms with Gasteiger partial charge in [-0.25, -0.2) is 4.98 Å². The Hall–Kier alpha value is -2.49. The first-order chi connectivity index (χ1) is 9.25. The number of hydrogen-bond donors (Lipinski definition) is 1. The van der Waals surface area contributed by atoms with Gasteiger partial charge in [0.15, 0.2) is 11.4 Å². The van der Waals surface area contributed by atoms with Gasteiger partial charge in [-0.15, -0.1) is 0 Å². The Kier molecular flexibility index (Phi) is 2.83. The van der Waals surface area contributed by atoms with Crippen molar-refractivity contribution >= 4 is 5.65 Å². The number of aromatic hydroxyl groups is 1. The minimum Gasteiger partial charge on any atom is -0.493 e. The van der Waals surface area contributed by atoms with Crippen molar-refractivity contribution in [3.05, 3.63) is 59.9 Å². The second kappa shape index (κ2) is 4.65. The van der Waals surface area contributed by atoms with Crippen LogP contribution in [0.5, 0.6) is 11.6 Å². The molecular weight excluding hydrogens is 240 g/mol. The Morgan fingerprint density at radius 1 is 1.16 bits per heavy atom. The van der Waals surface area contributed by atoms with Crippen molar-refractivity contribution in [2.24, 2.45) is 0 Å². The number of fused-ring (bicyclic) bond motifs is 1. The number of imidazole rings is 1. The van der Waals surface area contributed by atoms with Crippen molar-refractivity contribution < 1.29 is 9.84 Å². The Labute approximate surface area is 110 Å². The summed E-state index contributed by atoms with van der Waals surface area (Å²) in [4.78, 5) is 4.31. The van der Waals surface area contributed by atoms with Crippen LogP contribution in [0.1, 0.15) is 11.3 Å². The monoisotopic (exact) mass is 254 g/mol. The summed E-state index contributed by atoms with van der Waals surface area (Å²) in [5.41, 5.74) is 2.32. The maximum Gasteiger partial charge on any atom is 0.219 e. The first-order valence-electron chi connectivity index (χ1n) is 6.09. The van der Waals surface area contributed by atoms with Crippen molar-refractivity contribution in [3.63, 3.8) is 0 Å². The van der Waals surface area contributed by atoms with Crippen molar-refractivity contribution in [1.29, 1.82) is 0 Å². The third-order valence-electron chi connectivity index (χ3n) is 2.99. The summed E-state index contributed by atoms with van der Waals surface area (Å²) in [5.74, 6) is 0.815. The standard InChI is InChI=1S/C15H14N2O2/c1-11-15(18)17-9-5-8-13(14(17)16-11)19-10-12-6-3-2-4-7-12/h2-9,18H,10H2,1H3. The Morgan fingerprint density at radius 3 is 2.74 bits per heavy atom. The van der Waals surface area contributed by atoms with Gasteiger partial charge in [0.2, 0.25) is 5.88 Å². The number of aryl methyl sites for hydroxylation is 1. The molecule has 19 heavy (non-hydrogen) atoms. The lowest BCUT2D eigenvalue weighted by Crippen LogP contribution is -1.97. The maximum absolute atomic E-state index is 9.85. The lowest BCUT2D eigenvalue weighted by Gasteiger charge is -2.07. The molecule has 0 spiro atoms. The molecule has 0 saturated carbocycles. The van der Waals surface area contributed by atoms with E-state index in [2.05, 4.69) is 4.98 Å². The zero-order chi connectivity index (χ0) is 13.2. The van der Waals surface area contributed by atoms with Crippen molar-refractivity contribution in [2.75, 3.05) is 0 Å². The highest BCUT2D eigenvalue weighted by Crippen LogP contribution is 2.25. The zero-order valence-corrected chi connectivity index (χ0v) is 10.6. The highest BCUT2D eigenvalue weighted by atomic mass is 16.5. The van der Waals surface area contributed by atoms with Crippen LogP contribution in [-0.4, -0.2) is 14.5 Å². The number of aromatic nitrogens is 2. The van der Waals surface area contributed by atoms with E-state index in [4.69, 9.17) is 4.74 Å². The first kappa shape index (κ1) is 11.6. The molecule has 0 aliphatic rings. The number of hydrogen-bond acceptors (Lipinski definition) is 3. The summed E-state index contributed by atoms with van der Waals surface area (Å²) in [7, 11) is 0. The molecule has 0 saturated heterocycles. The summed E-state index contributed by atoms with van der Waals surface area (Å²) >= 11 is 0. The third kappa shape index (κ3) is 2.12. The summed E-state index contributed by atoms with van der Waals surface area (Å²) in [6, 6.07) is 13.6. The van der Waals surface area contributed by atoms with Crippen LogP contribution >= 0.6 is 0 Å². The van der Waals surface area contributed by atoms with Crippen LogP contribution in [0.25, 0.3) is 5.65 Å². The van der Waals surface area contributed by atoms with Gasteiger partial charge in [0, 0.05) is 6.20 Å². The van der Waals surface area contributed by atoms with Gasteiger partial charge >= 0.3 is 0 Å². The molecule has 0 bridgehead atoms. The predicted octanol–water partition coefficient (Wildman–Crippen LogP) is 2.93. The van der Waals surface area contributed by atoms with E-state index in [1.165, 1.54) is 0 Å². The van der Waals surface area contributed by atoms with Gasteiger partial charge < -0.3 is 9.84 Å². The van der Waals surface area contributed by atoms with Gasteiger partial charge in [-0.3, -0.25) is 4.40 Å². The minimum atomic E-state index is 0.153. The normalized spacial score (nSPS) is 10.8. The van der Waals surface area contributed by atoms with Crippen molar-refractivity contribution in [3.8, 4) is 11.6 Å². The molecule has 1 N–H and O–H groups in total. The third-order valence-corrected chi connectivity index (χ3v) is 2.99. The van der Waals surface area contributed by atoms with Gasteiger partial charge in [-0.2, -0.15) is 0 Å². The van der Waals surface area contributed by atoms with E-state index in [9.17, 15) is 5.11 Å². The average Bonchev–Trinajstić information content (AvgIpc) is 2.74. The van der Waals surface area contributed by atoms with E-state index in [0.29, 0.717) is 23.7 Å². The molecule has 96 valence electrons.